The van der Waals surface area contributed by atoms with E-state index in [1.54, 1.807) is 12.1 Å². The first-order chi connectivity index (χ1) is 11.8. The molecule has 1 atom stereocenters. The largest absolute Gasteiger partial charge is 0.478 e. The molecule has 1 fully saturated rings. The molecule has 1 aliphatic heterocycles. The van der Waals surface area contributed by atoms with Crippen LogP contribution in [-0.2, 0) is 9.47 Å². The van der Waals surface area contributed by atoms with Gasteiger partial charge >= 0.3 is 11.9 Å². The van der Waals surface area contributed by atoms with E-state index in [9.17, 15) is 9.59 Å². The Kier molecular flexibility index (Phi) is 6.19. The molecule has 1 aliphatic rings. The van der Waals surface area contributed by atoms with Gasteiger partial charge in [-0.2, -0.15) is 0 Å². The lowest BCUT2D eigenvalue weighted by atomic mass is 9.68. The molecule has 0 bridgehead atoms. The summed E-state index contributed by atoms with van der Waals surface area (Å²) in [5, 5.41) is 12.4. The van der Waals surface area contributed by atoms with E-state index in [4.69, 9.17) is 14.6 Å². The average molecular weight is 349 g/mol. The topological polar surface area (TPSA) is 84.9 Å². The lowest BCUT2D eigenvalue weighted by Crippen LogP contribution is -2.53. The zero-order chi connectivity index (χ0) is 18.6. The SMILES string of the molecule is CC(C)C(COC(=O)c1cccc(C(=O)O)c1)(C(C)C)C1NCCO1. The summed E-state index contributed by atoms with van der Waals surface area (Å²) in [6.45, 7) is 10.0. The Labute approximate surface area is 148 Å². The van der Waals surface area contributed by atoms with E-state index in [1.807, 2.05) is 0 Å². The van der Waals surface area contributed by atoms with Crippen LogP contribution in [0.5, 0.6) is 0 Å². The molecule has 0 saturated carbocycles. The van der Waals surface area contributed by atoms with E-state index in [1.165, 1.54) is 12.1 Å². The maximum Gasteiger partial charge on any atom is 0.338 e. The van der Waals surface area contributed by atoms with Crippen molar-refractivity contribution in [2.45, 2.75) is 33.9 Å². The van der Waals surface area contributed by atoms with Crippen LogP contribution in [0.15, 0.2) is 24.3 Å². The third kappa shape index (κ3) is 4.02. The molecule has 1 aromatic carbocycles. The van der Waals surface area contributed by atoms with Gasteiger partial charge in [0.05, 0.1) is 17.7 Å². The van der Waals surface area contributed by atoms with Crippen LogP contribution in [-0.4, -0.2) is 43.0 Å². The number of hydrogen-bond donors (Lipinski definition) is 2. The van der Waals surface area contributed by atoms with Gasteiger partial charge in [-0.05, 0) is 30.0 Å². The minimum absolute atomic E-state index is 0.0641. The standard InChI is InChI=1S/C19H27NO5/c1-12(2)19(13(3)4,18-20-8-9-24-18)11-25-17(23)15-7-5-6-14(10-15)16(21)22/h5-7,10,12-13,18,20H,8-9,11H2,1-4H3,(H,21,22). The van der Waals surface area contributed by atoms with Crippen molar-refractivity contribution in [3.8, 4) is 0 Å². The zero-order valence-corrected chi connectivity index (χ0v) is 15.2. The van der Waals surface area contributed by atoms with Crippen LogP contribution in [0.4, 0.5) is 0 Å². The van der Waals surface area contributed by atoms with Crippen LogP contribution in [0.1, 0.15) is 48.4 Å². The number of carbonyl (C=O) groups excluding carboxylic acids is 1. The van der Waals surface area contributed by atoms with Gasteiger partial charge in [-0.15, -0.1) is 0 Å². The second kappa shape index (κ2) is 7.97. The normalized spacial score (nSPS) is 17.9. The van der Waals surface area contributed by atoms with Crippen LogP contribution < -0.4 is 5.32 Å². The van der Waals surface area contributed by atoms with E-state index in [0.29, 0.717) is 6.61 Å². The van der Waals surface area contributed by atoms with Gasteiger partial charge in [0, 0.05) is 12.0 Å². The first-order valence-corrected chi connectivity index (χ1v) is 8.64. The number of hydrogen-bond acceptors (Lipinski definition) is 5. The molecular formula is C19H27NO5. The minimum Gasteiger partial charge on any atom is -0.478 e. The van der Waals surface area contributed by atoms with Crippen molar-refractivity contribution >= 4 is 11.9 Å². The van der Waals surface area contributed by atoms with E-state index in [2.05, 4.69) is 33.0 Å². The summed E-state index contributed by atoms with van der Waals surface area (Å²) in [6.07, 6.45) is -0.175. The molecular weight excluding hydrogens is 322 g/mol. The molecule has 25 heavy (non-hydrogen) atoms. The van der Waals surface area contributed by atoms with Gasteiger partial charge in [0.25, 0.3) is 0 Å². The summed E-state index contributed by atoms with van der Waals surface area (Å²) in [7, 11) is 0. The van der Waals surface area contributed by atoms with Gasteiger partial charge in [-0.25, -0.2) is 9.59 Å². The summed E-state index contributed by atoms with van der Waals surface area (Å²) in [5.41, 5.74) is -0.0628. The number of esters is 1. The van der Waals surface area contributed by atoms with Gasteiger partial charge < -0.3 is 14.6 Å². The number of ether oxygens (including phenoxy) is 2. The highest BCUT2D eigenvalue weighted by Gasteiger charge is 2.47. The van der Waals surface area contributed by atoms with Crippen molar-refractivity contribution in [2.24, 2.45) is 17.3 Å². The molecule has 2 N–H and O–H groups in total. The zero-order valence-electron chi connectivity index (χ0n) is 15.2. The van der Waals surface area contributed by atoms with Crippen molar-refractivity contribution in [2.75, 3.05) is 19.8 Å². The Bertz CT molecular complexity index is 612. The molecule has 0 amide bonds. The molecule has 1 unspecified atom stereocenters. The maximum atomic E-state index is 12.4. The maximum absolute atomic E-state index is 12.4. The quantitative estimate of drug-likeness (QED) is 0.736. The van der Waals surface area contributed by atoms with E-state index in [0.717, 1.165) is 6.54 Å². The first kappa shape index (κ1) is 19.4. The van der Waals surface area contributed by atoms with Crippen molar-refractivity contribution in [1.29, 1.82) is 0 Å². The molecule has 6 nitrogen and oxygen atoms in total. The number of aromatic carboxylic acids is 1. The average Bonchev–Trinajstić information content (AvgIpc) is 3.09. The third-order valence-corrected chi connectivity index (χ3v) is 5.15. The fraction of sp³-hybridized carbons (Fsp3) is 0.579. The van der Waals surface area contributed by atoms with Crippen molar-refractivity contribution < 1.29 is 24.2 Å². The fourth-order valence-electron chi connectivity index (χ4n) is 3.51. The molecule has 1 saturated heterocycles. The van der Waals surface area contributed by atoms with Crippen molar-refractivity contribution in [1.82, 2.24) is 5.32 Å². The number of benzene rings is 1. The third-order valence-electron chi connectivity index (χ3n) is 5.15. The second-order valence-electron chi connectivity index (χ2n) is 7.09. The number of nitrogens with one attached hydrogen (secondary N) is 1. The summed E-state index contributed by atoms with van der Waals surface area (Å²) >= 11 is 0. The smallest absolute Gasteiger partial charge is 0.338 e. The molecule has 1 heterocycles. The van der Waals surface area contributed by atoms with Crippen molar-refractivity contribution in [3.05, 3.63) is 35.4 Å². The van der Waals surface area contributed by atoms with Crippen molar-refractivity contribution in [3.63, 3.8) is 0 Å². The summed E-state index contributed by atoms with van der Waals surface area (Å²) < 4.78 is 11.5. The Morgan fingerprint density at radius 1 is 1.28 bits per heavy atom. The Morgan fingerprint density at radius 3 is 2.44 bits per heavy atom. The van der Waals surface area contributed by atoms with E-state index >= 15 is 0 Å². The number of rotatable bonds is 7. The van der Waals surface area contributed by atoms with Gasteiger partial charge in [-0.3, -0.25) is 5.32 Å². The van der Waals surface area contributed by atoms with Crippen LogP contribution in [0.25, 0.3) is 0 Å². The van der Waals surface area contributed by atoms with Crippen LogP contribution >= 0.6 is 0 Å². The monoisotopic (exact) mass is 349 g/mol. The molecule has 0 spiro atoms. The molecule has 138 valence electrons. The molecule has 0 radical (unpaired) electrons. The first-order valence-electron chi connectivity index (χ1n) is 8.64. The summed E-state index contributed by atoms with van der Waals surface area (Å²) in [5.74, 6) is -1.15. The predicted molar refractivity (Wildman–Crippen MR) is 93.5 cm³/mol. The number of carboxylic acids is 1. The number of carboxylic acid groups (broad SMARTS) is 1. The highest BCUT2D eigenvalue weighted by atomic mass is 16.5. The van der Waals surface area contributed by atoms with Crippen LogP contribution in [0, 0.1) is 17.3 Å². The second-order valence-corrected chi connectivity index (χ2v) is 7.09. The summed E-state index contributed by atoms with van der Waals surface area (Å²) in [4.78, 5) is 23.5. The molecule has 0 aromatic heterocycles. The lowest BCUT2D eigenvalue weighted by molar-refractivity contribution is -0.103. The lowest BCUT2D eigenvalue weighted by Gasteiger charge is -2.44. The Hall–Kier alpha value is -1.92. The van der Waals surface area contributed by atoms with Gasteiger partial charge in [0.2, 0.25) is 0 Å². The highest BCUT2D eigenvalue weighted by Crippen LogP contribution is 2.41. The highest BCUT2D eigenvalue weighted by molar-refractivity contribution is 5.94. The predicted octanol–water partition coefficient (Wildman–Crippen LogP) is 2.79. The molecule has 1 aromatic rings. The van der Waals surface area contributed by atoms with Crippen LogP contribution in [0.3, 0.4) is 0 Å². The Balaban J connectivity index is 2.18. The van der Waals surface area contributed by atoms with E-state index in [-0.39, 0.29) is 41.2 Å². The minimum atomic E-state index is -1.07. The van der Waals surface area contributed by atoms with E-state index < -0.39 is 11.9 Å². The summed E-state index contributed by atoms with van der Waals surface area (Å²) in [6, 6.07) is 5.88. The fourth-order valence-corrected chi connectivity index (χ4v) is 3.51. The van der Waals surface area contributed by atoms with Gasteiger partial charge in [-0.1, -0.05) is 33.8 Å². The van der Waals surface area contributed by atoms with Gasteiger partial charge in [0.15, 0.2) is 0 Å². The van der Waals surface area contributed by atoms with Gasteiger partial charge in [0.1, 0.15) is 12.8 Å². The van der Waals surface area contributed by atoms with Crippen LogP contribution in [0.2, 0.25) is 0 Å². The molecule has 6 heteroatoms. The molecule has 0 aliphatic carbocycles. The molecule has 2 rings (SSSR count). The number of carbonyl (C=O) groups is 2. The Morgan fingerprint density at radius 2 is 1.92 bits per heavy atom.